The topological polar surface area (TPSA) is 78.6 Å². The van der Waals surface area contributed by atoms with Gasteiger partial charge in [-0.2, -0.15) is 0 Å². The summed E-state index contributed by atoms with van der Waals surface area (Å²) >= 11 is 0. The predicted molar refractivity (Wildman–Crippen MR) is 89.1 cm³/mol. The Hall–Kier alpha value is -2.82. The Balaban J connectivity index is 0.00000127. The lowest BCUT2D eigenvalue weighted by Gasteiger charge is -2.07. The van der Waals surface area contributed by atoms with Gasteiger partial charge in [0.2, 0.25) is 0 Å². The van der Waals surface area contributed by atoms with Gasteiger partial charge in [0.05, 0.1) is 18.2 Å². The number of methoxy groups -OCH3 is 1. The number of rotatable bonds is 4. The quantitative estimate of drug-likeness (QED) is 0.690. The summed E-state index contributed by atoms with van der Waals surface area (Å²) in [7, 11) is 1.27. The van der Waals surface area contributed by atoms with Crippen molar-refractivity contribution in [1.29, 1.82) is 0 Å². The van der Waals surface area contributed by atoms with E-state index in [1.807, 2.05) is 44.2 Å². The Morgan fingerprint density at radius 3 is 2.22 bits per heavy atom. The van der Waals surface area contributed by atoms with Crippen molar-refractivity contribution in [3.05, 3.63) is 65.2 Å². The summed E-state index contributed by atoms with van der Waals surface area (Å²) in [5, 5.41) is 0. The lowest BCUT2D eigenvalue weighted by atomic mass is 10.1. The minimum absolute atomic E-state index is 0.177. The minimum Gasteiger partial charge on any atom is -0.465 e. The van der Waals surface area contributed by atoms with Gasteiger partial charge in [0.15, 0.2) is 0 Å². The van der Waals surface area contributed by atoms with Crippen LogP contribution in [-0.4, -0.2) is 19.0 Å². The monoisotopic (exact) mass is 315 g/mol. The third kappa shape index (κ3) is 5.14. The summed E-state index contributed by atoms with van der Waals surface area (Å²) in [4.78, 5) is 23.3. The van der Waals surface area contributed by atoms with Crippen LogP contribution < -0.4 is 5.73 Å². The molecule has 5 nitrogen and oxygen atoms in total. The van der Waals surface area contributed by atoms with Crippen LogP contribution in [0.25, 0.3) is 0 Å². The van der Waals surface area contributed by atoms with Gasteiger partial charge in [0.1, 0.15) is 6.61 Å². The van der Waals surface area contributed by atoms with Crippen LogP contribution in [0.5, 0.6) is 0 Å². The van der Waals surface area contributed by atoms with E-state index < -0.39 is 11.9 Å². The standard InChI is InChI=1S/C16H15NO4.C2H6/c1-20-16(19)13-8-7-12(9-14(13)17)15(18)21-10-11-5-3-2-4-6-11;1-2/h2-9H,10,17H2,1H3;1-2H3. The summed E-state index contributed by atoms with van der Waals surface area (Å²) < 4.78 is 9.77. The second-order valence-electron chi connectivity index (χ2n) is 4.36. The molecular weight excluding hydrogens is 294 g/mol. The molecule has 0 saturated carbocycles. The molecule has 0 aromatic heterocycles. The molecule has 23 heavy (non-hydrogen) atoms. The Morgan fingerprint density at radius 2 is 1.65 bits per heavy atom. The molecule has 2 aromatic rings. The first-order valence-electron chi connectivity index (χ1n) is 7.30. The zero-order valence-electron chi connectivity index (χ0n) is 13.5. The molecule has 0 spiro atoms. The van der Waals surface area contributed by atoms with Gasteiger partial charge in [-0.1, -0.05) is 44.2 Å². The maximum absolute atomic E-state index is 11.9. The second kappa shape index (κ2) is 9.25. The number of benzene rings is 2. The molecule has 0 aliphatic rings. The van der Waals surface area contributed by atoms with Crippen molar-refractivity contribution in [2.75, 3.05) is 12.8 Å². The Morgan fingerprint density at radius 1 is 1.00 bits per heavy atom. The molecule has 2 rings (SSSR count). The van der Waals surface area contributed by atoms with Crippen LogP contribution in [0.3, 0.4) is 0 Å². The molecule has 2 N–H and O–H groups in total. The van der Waals surface area contributed by atoms with Crippen LogP contribution in [0.1, 0.15) is 40.1 Å². The fourth-order valence-corrected chi connectivity index (χ4v) is 1.79. The number of nitrogens with two attached hydrogens (primary N) is 1. The molecule has 0 bridgehead atoms. The summed E-state index contributed by atoms with van der Waals surface area (Å²) in [6, 6.07) is 13.7. The van der Waals surface area contributed by atoms with Crippen molar-refractivity contribution in [2.24, 2.45) is 0 Å². The van der Waals surface area contributed by atoms with Gasteiger partial charge < -0.3 is 15.2 Å². The first-order valence-corrected chi connectivity index (χ1v) is 7.30. The number of esters is 2. The molecule has 0 heterocycles. The molecule has 0 atom stereocenters. The van der Waals surface area contributed by atoms with E-state index in [9.17, 15) is 9.59 Å². The van der Waals surface area contributed by atoms with E-state index in [1.54, 1.807) is 0 Å². The number of hydrogen-bond acceptors (Lipinski definition) is 5. The first-order chi connectivity index (χ1) is 11.1. The maximum Gasteiger partial charge on any atom is 0.339 e. The van der Waals surface area contributed by atoms with Gasteiger partial charge in [-0.05, 0) is 23.8 Å². The number of nitrogen functional groups attached to an aromatic ring is 1. The zero-order valence-corrected chi connectivity index (χ0v) is 13.5. The number of anilines is 1. The third-order valence-corrected chi connectivity index (χ3v) is 2.91. The molecule has 0 saturated heterocycles. The predicted octanol–water partition coefficient (Wildman–Crippen LogP) is 3.44. The van der Waals surface area contributed by atoms with Crippen molar-refractivity contribution in [1.82, 2.24) is 0 Å². The van der Waals surface area contributed by atoms with Crippen molar-refractivity contribution in [2.45, 2.75) is 20.5 Å². The summed E-state index contributed by atoms with van der Waals surface area (Å²) in [5.74, 6) is -1.04. The van der Waals surface area contributed by atoms with Crippen LogP contribution in [-0.2, 0) is 16.1 Å². The van der Waals surface area contributed by atoms with E-state index in [4.69, 9.17) is 10.5 Å². The molecular formula is C18H21NO4. The summed E-state index contributed by atoms with van der Waals surface area (Å²) in [5.41, 5.74) is 7.31. The summed E-state index contributed by atoms with van der Waals surface area (Å²) in [6.07, 6.45) is 0. The molecule has 2 aromatic carbocycles. The fourth-order valence-electron chi connectivity index (χ4n) is 1.79. The van der Waals surface area contributed by atoms with Gasteiger partial charge in [-0.15, -0.1) is 0 Å². The van der Waals surface area contributed by atoms with Crippen molar-refractivity contribution < 1.29 is 19.1 Å². The van der Waals surface area contributed by atoms with Gasteiger partial charge >= 0.3 is 11.9 Å². The van der Waals surface area contributed by atoms with Gasteiger partial charge in [0, 0.05) is 5.69 Å². The van der Waals surface area contributed by atoms with E-state index in [1.165, 1.54) is 25.3 Å². The van der Waals surface area contributed by atoms with E-state index in [2.05, 4.69) is 4.74 Å². The second-order valence-corrected chi connectivity index (χ2v) is 4.36. The minimum atomic E-state index is -0.545. The first kappa shape index (κ1) is 18.2. The maximum atomic E-state index is 11.9. The Kier molecular flexibility index (Phi) is 7.33. The average Bonchev–Trinajstić information content (AvgIpc) is 2.61. The smallest absolute Gasteiger partial charge is 0.339 e. The molecule has 0 unspecified atom stereocenters. The molecule has 0 amide bonds. The van der Waals surface area contributed by atoms with E-state index in [-0.39, 0.29) is 23.4 Å². The Labute approximate surface area is 136 Å². The van der Waals surface area contributed by atoms with E-state index in [0.29, 0.717) is 0 Å². The van der Waals surface area contributed by atoms with Gasteiger partial charge in [-0.25, -0.2) is 9.59 Å². The van der Waals surface area contributed by atoms with Crippen molar-refractivity contribution >= 4 is 17.6 Å². The van der Waals surface area contributed by atoms with Crippen LogP contribution in [0.15, 0.2) is 48.5 Å². The van der Waals surface area contributed by atoms with Crippen LogP contribution >= 0.6 is 0 Å². The molecule has 0 aliphatic heterocycles. The summed E-state index contributed by atoms with van der Waals surface area (Å²) in [6.45, 7) is 4.18. The number of hydrogen-bond donors (Lipinski definition) is 1. The van der Waals surface area contributed by atoms with Gasteiger partial charge in [-0.3, -0.25) is 0 Å². The normalized spacial score (nSPS) is 9.35. The van der Waals surface area contributed by atoms with Gasteiger partial charge in [0.25, 0.3) is 0 Å². The lowest BCUT2D eigenvalue weighted by molar-refractivity contribution is 0.0471. The molecule has 0 radical (unpaired) electrons. The fraction of sp³-hybridized carbons (Fsp3) is 0.222. The number of ether oxygens (including phenoxy) is 2. The average molecular weight is 315 g/mol. The highest BCUT2D eigenvalue weighted by molar-refractivity contribution is 5.98. The molecule has 0 aliphatic carbocycles. The van der Waals surface area contributed by atoms with Crippen molar-refractivity contribution in [3.8, 4) is 0 Å². The highest BCUT2D eigenvalue weighted by Crippen LogP contribution is 2.16. The SMILES string of the molecule is CC.COC(=O)c1ccc(C(=O)OCc2ccccc2)cc1N. The Bertz CT molecular complexity index is 653. The highest BCUT2D eigenvalue weighted by Gasteiger charge is 2.14. The van der Waals surface area contributed by atoms with Crippen LogP contribution in [0.4, 0.5) is 5.69 Å². The van der Waals surface area contributed by atoms with E-state index in [0.717, 1.165) is 5.56 Å². The zero-order chi connectivity index (χ0) is 17.2. The van der Waals surface area contributed by atoms with Crippen LogP contribution in [0.2, 0.25) is 0 Å². The van der Waals surface area contributed by atoms with Crippen LogP contribution in [0, 0.1) is 0 Å². The highest BCUT2D eigenvalue weighted by atomic mass is 16.5. The molecule has 5 heteroatoms. The molecule has 0 fully saturated rings. The van der Waals surface area contributed by atoms with E-state index >= 15 is 0 Å². The number of carbonyl (C=O) groups is 2. The number of carbonyl (C=O) groups excluding carboxylic acids is 2. The largest absolute Gasteiger partial charge is 0.465 e. The lowest BCUT2D eigenvalue weighted by Crippen LogP contribution is -2.09. The van der Waals surface area contributed by atoms with Crippen molar-refractivity contribution in [3.63, 3.8) is 0 Å². The third-order valence-electron chi connectivity index (χ3n) is 2.91. The molecule has 122 valence electrons.